The van der Waals surface area contributed by atoms with Gasteiger partial charge in [0.2, 0.25) is 5.91 Å². The number of amides is 1. The van der Waals surface area contributed by atoms with Gasteiger partial charge in [-0.2, -0.15) is 0 Å². The van der Waals surface area contributed by atoms with E-state index < -0.39 is 5.97 Å². The van der Waals surface area contributed by atoms with Crippen molar-refractivity contribution in [3.63, 3.8) is 0 Å². The monoisotopic (exact) mass is 652 g/mol. The van der Waals surface area contributed by atoms with Gasteiger partial charge in [0.1, 0.15) is 18.1 Å². The molecule has 1 saturated carbocycles. The predicted octanol–water partition coefficient (Wildman–Crippen LogP) is 6.63. The van der Waals surface area contributed by atoms with Gasteiger partial charge in [-0.1, -0.05) is 25.0 Å². The second kappa shape index (κ2) is 15.2. The number of carboxylic acid groups (broad SMARTS) is 1. The first kappa shape index (κ1) is 33.6. The molecule has 1 fully saturated rings. The molecule has 1 heterocycles. The molecule has 244 valence electrons. The van der Waals surface area contributed by atoms with E-state index in [9.17, 15) is 14.7 Å². The lowest BCUT2D eigenvalue weighted by Gasteiger charge is -2.37. The smallest absolute Gasteiger partial charge is 0.335 e. The average molecular weight is 653 g/mol. The van der Waals surface area contributed by atoms with Crippen LogP contribution in [0.4, 0.5) is 11.4 Å². The third-order valence-electron chi connectivity index (χ3n) is 8.64. The molecule has 0 saturated heterocycles. The maximum atomic E-state index is 13.3. The number of nitrogens with zero attached hydrogens (tertiary/aromatic N) is 2. The van der Waals surface area contributed by atoms with E-state index in [-0.39, 0.29) is 23.0 Å². The highest BCUT2D eigenvalue weighted by atomic mass is 31.0. The number of aromatic nitrogens is 2. The van der Waals surface area contributed by atoms with Gasteiger partial charge in [-0.3, -0.25) is 4.79 Å². The van der Waals surface area contributed by atoms with Gasteiger partial charge in [-0.25, -0.2) is 9.78 Å². The Morgan fingerprint density at radius 2 is 1.94 bits per heavy atom. The Bertz CT molecular complexity index is 1770. The normalized spacial score (nSPS) is 17.4. The number of imidazole rings is 1. The molecule has 5 rings (SSSR count). The first-order chi connectivity index (χ1) is 22.6. The topological polar surface area (TPSA) is 115 Å². The van der Waals surface area contributed by atoms with E-state index in [4.69, 9.17) is 15.9 Å². The molecule has 10 heteroatoms. The van der Waals surface area contributed by atoms with Crippen LogP contribution in [0, 0.1) is 17.8 Å². The number of anilines is 2. The minimum absolute atomic E-state index is 0.0631. The van der Waals surface area contributed by atoms with Crippen molar-refractivity contribution < 1.29 is 24.2 Å². The highest BCUT2D eigenvalue weighted by Crippen LogP contribution is 2.40. The zero-order valence-corrected chi connectivity index (χ0v) is 27.9. The van der Waals surface area contributed by atoms with Crippen LogP contribution in [0.2, 0.25) is 0 Å². The molecule has 4 aromatic rings. The lowest BCUT2D eigenvalue weighted by atomic mass is 9.72. The van der Waals surface area contributed by atoms with Crippen LogP contribution in [0.15, 0.2) is 73.2 Å². The number of aromatic carboxylic acids is 1. The van der Waals surface area contributed by atoms with E-state index in [1.54, 1.807) is 24.7 Å². The number of aryl methyl sites for hydroxylation is 1. The van der Waals surface area contributed by atoms with Gasteiger partial charge in [0.05, 0.1) is 41.6 Å². The van der Waals surface area contributed by atoms with Crippen LogP contribution in [0.3, 0.4) is 0 Å². The number of hydrogen-bond acceptors (Lipinski definition) is 6. The van der Waals surface area contributed by atoms with Crippen molar-refractivity contribution in [3.8, 4) is 23.8 Å². The molecule has 1 aromatic heterocycles. The molecule has 1 aliphatic carbocycles. The molecule has 0 spiro atoms. The lowest BCUT2D eigenvalue weighted by Crippen LogP contribution is -2.33. The van der Waals surface area contributed by atoms with Gasteiger partial charge >= 0.3 is 5.97 Å². The van der Waals surface area contributed by atoms with E-state index in [1.807, 2.05) is 54.0 Å². The third kappa shape index (κ3) is 8.93. The molecule has 0 bridgehead atoms. The Labute approximate surface area is 278 Å². The standard InChI is InChI=1S/C37H41N4O5P/c1-4-25-9-12-33(34(47)18-25)45-23-26-7-6-8-30(17-26)46-29-13-15-37(3,16-14-29)20-35(42)40-31-11-10-27(36(43)44)19-32(31)39-22-28-21-38-24-41(28)5-2/h1,6-12,17-19,21,24,29,39H,5,13-16,20,22-23,47H2,2-3H3,(H,40,42)(H,43,44). The van der Waals surface area contributed by atoms with Gasteiger partial charge < -0.3 is 29.8 Å². The van der Waals surface area contributed by atoms with Gasteiger partial charge in [0.25, 0.3) is 0 Å². The summed E-state index contributed by atoms with van der Waals surface area (Å²) in [5, 5.41) is 16.8. The Hall–Kier alpha value is -4.80. The summed E-state index contributed by atoms with van der Waals surface area (Å²) in [5.74, 6) is 3.06. The molecular weight excluding hydrogens is 611 g/mol. The summed E-state index contributed by atoms with van der Waals surface area (Å²) in [7, 11) is 2.66. The summed E-state index contributed by atoms with van der Waals surface area (Å²) in [5.41, 5.74) is 3.83. The number of benzene rings is 3. The number of nitrogens with one attached hydrogen (secondary N) is 2. The molecule has 47 heavy (non-hydrogen) atoms. The van der Waals surface area contributed by atoms with Gasteiger partial charge in [0.15, 0.2) is 0 Å². The summed E-state index contributed by atoms with van der Waals surface area (Å²) >= 11 is 0. The predicted molar refractivity (Wildman–Crippen MR) is 187 cm³/mol. The largest absolute Gasteiger partial charge is 0.490 e. The average Bonchev–Trinajstić information content (AvgIpc) is 3.52. The van der Waals surface area contributed by atoms with E-state index in [0.29, 0.717) is 30.9 Å². The van der Waals surface area contributed by atoms with Crippen LogP contribution >= 0.6 is 9.24 Å². The van der Waals surface area contributed by atoms with E-state index >= 15 is 0 Å². The van der Waals surface area contributed by atoms with Crippen molar-refractivity contribution in [1.82, 2.24) is 9.55 Å². The zero-order chi connectivity index (χ0) is 33.4. The van der Waals surface area contributed by atoms with Crippen LogP contribution in [-0.2, 0) is 24.5 Å². The van der Waals surface area contributed by atoms with Crippen molar-refractivity contribution in [1.29, 1.82) is 0 Å². The van der Waals surface area contributed by atoms with E-state index in [0.717, 1.165) is 65.9 Å². The second-order valence-corrected chi connectivity index (χ2v) is 12.9. The number of ether oxygens (including phenoxy) is 2. The van der Waals surface area contributed by atoms with Crippen molar-refractivity contribution in [3.05, 3.63) is 95.6 Å². The van der Waals surface area contributed by atoms with Crippen LogP contribution in [0.25, 0.3) is 0 Å². The Morgan fingerprint density at radius 3 is 2.66 bits per heavy atom. The fraction of sp³-hybridized carbons (Fsp3) is 0.324. The number of rotatable bonds is 13. The number of carboxylic acids is 1. The fourth-order valence-electron chi connectivity index (χ4n) is 5.90. The number of hydrogen-bond donors (Lipinski definition) is 3. The number of terminal acetylenes is 1. The summed E-state index contributed by atoms with van der Waals surface area (Å²) in [6, 6.07) is 18.3. The molecule has 0 aliphatic heterocycles. The molecular formula is C37H41N4O5P. The maximum Gasteiger partial charge on any atom is 0.335 e. The Balaban J connectivity index is 1.14. The molecule has 1 amide bonds. The maximum absolute atomic E-state index is 13.3. The molecule has 1 atom stereocenters. The minimum atomic E-state index is -1.03. The number of carbonyl (C=O) groups excluding carboxylic acids is 1. The first-order valence-electron chi connectivity index (χ1n) is 15.8. The first-order valence-corrected chi connectivity index (χ1v) is 16.4. The summed E-state index contributed by atoms with van der Waals surface area (Å²) in [6.07, 6.45) is 12.8. The van der Waals surface area contributed by atoms with Gasteiger partial charge in [-0.15, -0.1) is 15.7 Å². The van der Waals surface area contributed by atoms with E-state index in [1.165, 1.54) is 6.07 Å². The van der Waals surface area contributed by atoms with Crippen molar-refractivity contribution in [2.45, 2.75) is 71.8 Å². The zero-order valence-electron chi connectivity index (χ0n) is 26.8. The highest BCUT2D eigenvalue weighted by Gasteiger charge is 2.34. The van der Waals surface area contributed by atoms with Crippen molar-refractivity contribution >= 4 is 37.8 Å². The highest BCUT2D eigenvalue weighted by molar-refractivity contribution is 7.27. The van der Waals surface area contributed by atoms with E-state index in [2.05, 4.69) is 37.7 Å². The Kier molecular flexibility index (Phi) is 10.8. The van der Waals surface area contributed by atoms with Crippen molar-refractivity contribution in [2.75, 3.05) is 10.6 Å². The fourth-order valence-corrected chi connectivity index (χ4v) is 6.25. The van der Waals surface area contributed by atoms with Gasteiger partial charge in [-0.05, 0) is 92.1 Å². The van der Waals surface area contributed by atoms with Crippen molar-refractivity contribution in [2.24, 2.45) is 5.41 Å². The Morgan fingerprint density at radius 1 is 1.13 bits per heavy atom. The molecule has 1 aliphatic rings. The number of carbonyl (C=O) groups is 2. The lowest BCUT2D eigenvalue weighted by molar-refractivity contribution is -0.119. The third-order valence-corrected chi connectivity index (χ3v) is 9.09. The van der Waals surface area contributed by atoms with Crippen LogP contribution < -0.4 is 25.4 Å². The summed E-state index contributed by atoms with van der Waals surface area (Å²) in [4.78, 5) is 29.1. The molecule has 1 unspecified atom stereocenters. The van der Waals surface area contributed by atoms with Crippen LogP contribution in [-0.4, -0.2) is 32.6 Å². The molecule has 0 radical (unpaired) electrons. The second-order valence-electron chi connectivity index (χ2n) is 12.3. The molecule has 9 nitrogen and oxygen atoms in total. The van der Waals surface area contributed by atoms with Crippen LogP contribution in [0.1, 0.15) is 73.1 Å². The summed E-state index contributed by atoms with van der Waals surface area (Å²) in [6.45, 7) is 5.79. The quantitative estimate of drug-likeness (QED) is 0.110. The SMILES string of the molecule is C#Cc1ccc(OCc2cccc(OC3CCC(C)(CC(=O)Nc4ccc(C(=O)O)cc4NCc4cncn4CC)CC3)c2)c(P)c1. The molecule has 3 aromatic carbocycles. The van der Waals surface area contributed by atoms with Gasteiger partial charge in [0, 0.05) is 30.0 Å². The molecule has 3 N–H and O–H groups in total. The summed E-state index contributed by atoms with van der Waals surface area (Å²) < 4.78 is 14.4. The minimum Gasteiger partial charge on any atom is -0.490 e. The van der Waals surface area contributed by atoms with Crippen LogP contribution in [0.5, 0.6) is 11.5 Å².